The molecule has 2 rings (SSSR count). The van der Waals surface area contributed by atoms with Gasteiger partial charge in [-0.2, -0.15) is 9.99 Å². The normalized spacial score (nSPS) is 21.4. The zero-order valence-corrected chi connectivity index (χ0v) is 17.5. The Morgan fingerprint density at radius 3 is 2.38 bits per heavy atom. The highest BCUT2D eigenvalue weighted by Crippen LogP contribution is 2.37. The summed E-state index contributed by atoms with van der Waals surface area (Å²) in [6, 6.07) is -0.118. The third-order valence-electron chi connectivity index (χ3n) is 4.08. The van der Waals surface area contributed by atoms with Gasteiger partial charge >= 0.3 is 6.09 Å². The molecule has 2 N–H and O–H groups in total. The first-order valence-electron chi connectivity index (χ1n) is 8.55. The number of ether oxygens (including phenoxy) is 1. The van der Waals surface area contributed by atoms with E-state index in [4.69, 9.17) is 33.7 Å². The average Bonchev–Trinajstić information content (AvgIpc) is 2.74. The summed E-state index contributed by atoms with van der Waals surface area (Å²) in [5.41, 5.74) is 5.60. The summed E-state index contributed by atoms with van der Waals surface area (Å²) in [5.74, 6) is 0.277. The molecule has 1 aromatic heterocycles. The molecule has 1 amide bonds. The summed E-state index contributed by atoms with van der Waals surface area (Å²) < 4.78 is 5.60. The Balaban J connectivity index is 2.55. The van der Waals surface area contributed by atoms with Crippen molar-refractivity contribution in [1.82, 2.24) is 20.1 Å². The number of nitrogen functional groups attached to an aromatic ring is 1. The van der Waals surface area contributed by atoms with Gasteiger partial charge in [-0.15, -0.1) is 5.12 Å². The fourth-order valence-electron chi connectivity index (χ4n) is 2.81. The van der Waals surface area contributed by atoms with Crippen LogP contribution < -0.4 is 10.7 Å². The molecule has 0 aromatic carbocycles. The van der Waals surface area contributed by atoms with Crippen molar-refractivity contribution in [2.75, 3.05) is 17.3 Å². The van der Waals surface area contributed by atoms with E-state index in [-0.39, 0.29) is 34.0 Å². The quantitative estimate of drug-likeness (QED) is 0.605. The van der Waals surface area contributed by atoms with E-state index in [9.17, 15) is 4.79 Å². The van der Waals surface area contributed by atoms with E-state index in [0.29, 0.717) is 6.54 Å². The lowest BCUT2D eigenvalue weighted by atomic mass is 10.1. The standard InChI is InChI=1S/C16H26Cl2N6O2/c1-7-8-22-9(2)10(3)23(24(22)15(25)26-16(4,5)6)13-11(19)12(17)20-14(18)21-13/h9-10H,7-8,19H2,1-6H3. The number of aromatic nitrogens is 2. The van der Waals surface area contributed by atoms with E-state index in [1.807, 2.05) is 46.6 Å². The molecule has 0 radical (unpaired) electrons. The van der Waals surface area contributed by atoms with Gasteiger partial charge in [0.05, 0.1) is 12.1 Å². The van der Waals surface area contributed by atoms with Crippen LogP contribution in [0.25, 0.3) is 0 Å². The molecule has 10 heteroatoms. The lowest BCUT2D eigenvalue weighted by molar-refractivity contribution is -0.0415. The van der Waals surface area contributed by atoms with Crippen molar-refractivity contribution in [2.24, 2.45) is 0 Å². The number of nitrogens with two attached hydrogens (primary N) is 1. The van der Waals surface area contributed by atoms with Crippen molar-refractivity contribution >= 4 is 40.8 Å². The third kappa shape index (κ3) is 4.07. The van der Waals surface area contributed by atoms with Crippen molar-refractivity contribution in [2.45, 2.75) is 65.6 Å². The molecular formula is C16H26Cl2N6O2. The van der Waals surface area contributed by atoms with E-state index < -0.39 is 11.7 Å². The maximum Gasteiger partial charge on any atom is 0.444 e. The number of hydrogen-bond acceptors (Lipinski definition) is 7. The molecule has 1 aromatic rings. The predicted octanol–water partition coefficient (Wildman–Crippen LogP) is 3.74. The van der Waals surface area contributed by atoms with Crippen molar-refractivity contribution in [3.63, 3.8) is 0 Å². The van der Waals surface area contributed by atoms with Crippen LogP contribution in [0.1, 0.15) is 48.0 Å². The molecule has 1 aliphatic heterocycles. The molecular weight excluding hydrogens is 379 g/mol. The van der Waals surface area contributed by atoms with Crippen molar-refractivity contribution in [1.29, 1.82) is 0 Å². The summed E-state index contributed by atoms with van der Waals surface area (Å²) >= 11 is 12.1. The Morgan fingerprint density at radius 2 is 1.85 bits per heavy atom. The Labute approximate surface area is 164 Å². The molecule has 26 heavy (non-hydrogen) atoms. The zero-order chi connectivity index (χ0) is 19.8. The van der Waals surface area contributed by atoms with Gasteiger partial charge in [0.25, 0.3) is 0 Å². The number of hydrazine groups is 2. The van der Waals surface area contributed by atoms with E-state index >= 15 is 0 Å². The number of amides is 1. The Kier molecular flexibility index (Phi) is 6.09. The zero-order valence-electron chi connectivity index (χ0n) is 16.0. The van der Waals surface area contributed by atoms with Crippen LogP contribution in [0.4, 0.5) is 16.3 Å². The SMILES string of the molecule is CCCN1C(C)C(C)N(c2nc(Cl)nc(Cl)c2N)N1C(=O)OC(C)(C)C. The predicted molar refractivity (Wildman–Crippen MR) is 103 cm³/mol. The number of rotatable bonds is 3. The minimum absolute atomic E-state index is 0.00869. The number of halogens is 2. The Bertz CT molecular complexity index is 681. The van der Waals surface area contributed by atoms with E-state index in [1.54, 1.807) is 5.01 Å². The third-order valence-corrected chi connectivity index (χ3v) is 4.54. The maximum absolute atomic E-state index is 13.0. The number of carbonyl (C=O) groups excluding carboxylic acids is 1. The molecule has 1 fully saturated rings. The van der Waals surface area contributed by atoms with Gasteiger partial charge in [-0.3, -0.25) is 0 Å². The molecule has 0 saturated carbocycles. The van der Waals surface area contributed by atoms with Gasteiger partial charge in [0, 0.05) is 6.54 Å². The van der Waals surface area contributed by atoms with Gasteiger partial charge in [-0.05, 0) is 52.6 Å². The largest absolute Gasteiger partial charge is 0.444 e. The first kappa shape index (κ1) is 20.8. The van der Waals surface area contributed by atoms with Gasteiger partial charge in [0.2, 0.25) is 5.28 Å². The molecule has 2 unspecified atom stereocenters. The maximum atomic E-state index is 13.0. The average molecular weight is 405 g/mol. The summed E-state index contributed by atoms with van der Waals surface area (Å²) in [7, 11) is 0. The second-order valence-corrected chi connectivity index (χ2v) is 7.98. The van der Waals surface area contributed by atoms with E-state index in [1.165, 1.54) is 5.12 Å². The van der Waals surface area contributed by atoms with Crippen LogP contribution in [0.15, 0.2) is 0 Å². The smallest absolute Gasteiger partial charge is 0.441 e. The summed E-state index contributed by atoms with van der Waals surface area (Å²) in [6.07, 6.45) is 0.331. The highest BCUT2D eigenvalue weighted by Gasteiger charge is 2.47. The van der Waals surface area contributed by atoms with Crippen molar-refractivity contribution in [3.8, 4) is 0 Å². The van der Waals surface area contributed by atoms with Crippen LogP contribution >= 0.6 is 23.2 Å². The van der Waals surface area contributed by atoms with Gasteiger partial charge < -0.3 is 10.5 Å². The van der Waals surface area contributed by atoms with Crippen molar-refractivity contribution in [3.05, 3.63) is 10.4 Å². The number of anilines is 2. The van der Waals surface area contributed by atoms with Crippen LogP contribution in [0.2, 0.25) is 10.4 Å². The number of hydrogen-bond donors (Lipinski definition) is 1. The fraction of sp³-hybridized carbons (Fsp3) is 0.688. The topological polar surface area (TPSA) is 87.8 Å². The number of nitrogens with zero attached hydrogens (tertiary/aromatic N) is 5. The minimum atomic E-state index is -0.651. The van der Waals surface area contributed by atoms with Crippen LogP contribution in [-0.2, 0) is 4.74 Å². The molecule has 2 heterocycles. The minimum Gasteiger partial charge on any atom is -0.441 e. The molecule has 0 bridgehead atoms. The van der Waals surface area contributed by atoms with Gasteiger partial charge in [-0.1, -0.05) is 18.5 Å². The lowest BCUT2D eigenvalue weighted by Gasteiger charge is -2.36. The van der Waals surface area contributed by atoms with Gasteiger partial charge in [0.15, 0.2) is 11.0 Å². The molecule has 0 spiro atoms. The molecule has 1 aliphatic rings. The highest BCUT2D eigenvalue weighted by atomic mass is 35.5. The Hall–Kier alpha value is -1.51. The van der Waals surface area contributed by atoms with Crippen LogP contribution in [0.3, 0.4) is 0 Å². The molecule has 8 nitrogen and oxygen atoms in total. The monoisotopic (exact) mass is 404 g/mol. The van der Waals surface area contributed by atoms with Gasteiger partial charge in [-0.25, -0.2) is 14.8 Å². The van der Waals surface area contributed by atoms with Crippen LogP contribution in [0, 0.1) is 0 Å². The summed E-state index contributed by atoms with van der Waals surface area (Å²) in [5, 5.41) is 5.04. The van der Waals surface area contributed by atoms with E-state index in [2.05, 4.69) is 9.97 Å². The second-order valence-electron chi connectivity index (χ2n) is 7.28. The summed E-state index contributed by atoms with van der Waals surface area (Å²) in [6.45, 7) is 12.1. The first-order valence-corrected chi connectivity index (χ1v) is 9.30. The molecule has 2 atom stereocenters. The molecule has 0 aliphatic carbocycles. The highest BCUT2D eigenvalue weighted by molar-refractivity contribution is 6.34. The Morgan fingerprint density at radius 1 is 1.23 bits per heavy atom. The van der Waals surface area contributed by atoms with Crippen LogP contribution in [-0.4, -0.2) is 50.4 Å². The molecule has 1 saturated heterocycles. The van der Waals surface area contributed by atoms with Crippen LogP contribution in [0.5, 0.6) is 0 Å². The molecule has 146 valence electrons. The summed E-state index contributed by atoms with van der Waals surface area (Å²) in [4.78, 5) is 21.0. The second kappa shape index (κ2) is 7.62. The van der Waals surface area contributed by atoms with Crippen molar-refractivity contribution < 1.29 is 9.53 Å². The van der Waals surface area contributed by atoms with Gasteiger partial charge in [0.1, 0.15) is 11.3 Å². The lowest BCUT2D eigenvalue weighted by Crippen LogP contribution is -2.52. The van der Waals surface area contributed by atoms with E-state index in [0.717, 1.165) is 6.42 Å². The number of carbonyl (C=O) groups is 1. The fourth-order valence-corrected chi connectivity index (χ4v) is 3.18. The first-order chi connectivity index (χ1) is 12.0.